The van der Waals surface area contributed by atoms with Gasteiger partial charge in [0.25, 0.3) is 20.0 Å². The van der Waals surface area contributed by atoms with Crippen LogP contribution >= 0.6 is 11.6 Å². The largest absolute Gasteiger partial charge is 0.487 e. The van der Waals surface area contributed by atoms with Crippen LogP contribution in [-0.4, -0.2) is 103 Å². The molecule has 0 atom stereocenters. The number of alkyl halides is 10. The Hall–Kier alpha value is -9.13. The Labute approximate surface area is 459 Å². The number of carbonyl (C=O) groups is 3. The molecule has 38 heteroatoms. The van der Waals surface area contributed by atoms with Crippen molar-refractivity contribution in [1.82, 2.24) is 34.4 Å². The number of nitrogens with zero attached hydrogens (tertiary/aromatic N) is 6. The van der Waals surface area contributed by atoms with Crippen molar-refractivity contribution in [3.8, 4) is 35.0 Å². The summed E-state index contributed by atoms with van der Waals surface area (Å²) in [5.74, 6) is -4.39. The summed E-state index contributed by atoms with van der Waals surface area (Å²) in [5, 5.41) is 23.5. The number of methoxy groups -OCH3 is 1. The average molecular weight is 1240 g/mol. The van der Waals surface area contributed by atoms with Gasteiger partial charge in [-0.15, -0.1) is 0 Å². The number of carbonyl (C=O) groups excluding carboxylic acids is 2. The van der Waals surface area contributed by atoms with Gasteiger partial charge in [0, 0.05) is 18.6 Å². The number of amides is 4. The molecule has 0 aliphatic heterocycles. The summed E-state index contributed by atoms with van der Waals surface area (Å²) in [5.41, 5.74) is -1.87. The molecule has 0 saturated carbocycles. The van der Waals surface area contributed by atoms with Gasteiger partial charge in [-0.25, -0.2) is 40.7 Å². The Morgan fingerprint density at radius 1 is 0.732 bits per heavy atom. The molecule has 4 aromatic carbocycles. The van der Waals surface area contributed by atoms with Crippen molar-refractivity contribution in [2.75, 3.05) is 24.4 Å². The molecule has 0 unspecified atom stereocenters. The van der Waals surface area contributed by atoms with Crippen molar-refractivity contribution >= 4 is 67.3 Å². The molecule has 0 spiro atoms. The summed E-state index contributed by atoms with van der Waals surface area (Å²) in [6.07, 6.45) is -10.7. The third kappa shape index (κ3) is 20.5. The Morgan fingerprint density at radius 2 is 1.28 bits per heavy atom. The third-order valence-corrected chi connectivity index (χ3v) is 12.3. The predicted molar refractivity (Wildman–Crippen MR) is 260 cm³/mol. The number of aryl methyl sites for hydroxylation is 2. The first-order valence-corrected chi connectivity index (χ1v) is 25.2. The van der Waals surface area contributed by atoms with Crippen molar-refractivity contribution in [3.63, 3.8) is 0 Å². The summed E-state index contributed by atoms with van der Waals surface area (Å²) >= 11 is 5.80. The van der Waals surface area contributed by atoms with Gasteiger partial charge in [0.15, 0.2) is 0 Å². The predicted octanol–water partition coefficient (Wildman–Crippen LogP) is 9.54. The number of aromatic carboxylic acids is 1. The number of urea groups is 2. The van der Waals surface area contributed by atoms with Crippen molar-refractivity contribution in [3.05, 3.63) is 129 Å². The molecule has 5 N–H and O–H groups in total. The maximum Gasteiger partial charge on any atom is 0.416 e. The number of halogens is 11. The number of sulfonamides is 2. The number of carboxylic acid groups (broad SMARTS) is 1. The molecule has 2 heterocycles. The van der Waals surface area contributed by atoms with Crippen molar-refractivity contribution in [1.29, 1.82) is 0 Å². The van der Waals surface area contributed by atoms with Gasteiger partial charge < -0.3 is 28.8 Å². The molecule has 2 aromatic heterocycles. The molecule has 0 radical (unpaired) electrons. The molecule has 0 aliphatic rings. The minimum Gasteiger partial charge on any atom is -0.487 e. The molecule has 25 nitrogen and oxygen atoms in total. The second-order valence-electron chi connectivity index (χ2n) is 15.0. The molecule has 442 valence electrons. The fourth-order valence-electron chi connectivity index (χ4n) is 5.97. The van der Waals surface area contributed by atoms with Crippen molar-refractivity contribution in [2.24, 2.45) is 0 Å². The normalized spacial score (nSPS) is 11.4. The lowest BCUT2D eigenvalue weighted by atomic mass is 10.1. The standard InChI is InChI=1S/C15H11ClF3NO4.C15H16F3N5O4S.C14H10F4N4O7S/c1-2-23-14-8-10(4-5-12(14)20(21)22)24-13-6-3-9(7-11(13)16)15(17,18)19;1-9-19-12(22-14(20-9)27-2)21-13(24)23-28(25,26)11-6-4-3-5-10(11)7-8-15(16,17)18;15-11(16)28-8-5-9(29-12(17)18)20-13(19-8)21-14(25)22-30(26,27)7-4-2-1-3-6(7)10(23)24/h3-8H,2H2,1H3;3-6H,7-8H2,1-2H3,(H2,19,20,21,22,23,24);1-5,11-12H,(H,23,24)(H2,19,20,21,22,25). The number of nitro groups is 1. The molecule has 0 saturated heterocycles. The molecular weight excluding hydrogens is 1200 g/mol. The SMILES string of the molecule is CCOc1cc(Oc2ccc(C(F)(F)F)cc2Cl)ccc1[N+](=O)[O-].COc1nc(C)nc(NC(=O)NS(=O)(=O)c2ccccc2CCC(F)(F)F)n1.O=C(Nc1nc(OC(F)F)cc(OC(F)F)n1)NS(=O)(=O)c1ccccc1C(=O)O. The number of carboxylic acids is 1. The lowest BCUT2D eigenvalue weighted by molar-refractivity contribution is -0.385. The Balaban J connectivity index is 0.000000266. The zero-order chi connectivity index (χ0) is 61.3. The number of nitrogens with one attached hydrogen (secondary N) is 4. The number of benzene rings is 4. The van der Waals surface area contributed by atoms with E-state index in [4.69, 9.17) is 30.9 Å². The van der Waals surface area contributed by atoms with E-state index in [0.717, 1.165) is 36.4 Å². The van der Waals surface area contributed by atoms with Crippen LogP contribution in [-0.2, 0) is 32.6 Å². The highest BCUT2D eigenvalue weighted by Gasteiger charge is 2.32. The first-order valence-electron chi connectivity index (χ1n) is 21.9. The Morgan fingerprint density at radius 3 is 1.79 bits per heavy atom. The van der Waals surface area contributed by atoms with Gasteiger partial charge in [-0.2, -0.15) is 68.8 Å². The fraction of sp³-hybridized carbons (Fsp3) is 0.227. The first kappa shape index (κ1) is 65.4. The van der Waals surface area contributed by atoms with Gasteiger partial charge in [-0.3, -0.25) is 20.7 Å². The van der Waals surface area contributed by atoms with Gasteiger partial charge in [0.2, 0.25) is 29.4 Å². The minimum atomic E-state index is -4.71. The van der Waals surface area contributed by atoms with Crippen LogP contribution in [0.3, 0.4) is 0 Å². The average Bonchev–Trinajstić information content (AvgIpc) is 3.37. The zero-order valence-corrected chi connectivity index (χ0v) is 43.6. The number of rotatable bonds is 19. The van der Waals surface area contributed by atoms with Crippen LogP contribution in [0.4, 0.5) is 71.1 Å². The van der Waals surface area contributed by atoms with E-state index < -0.39 is 120 Å². The monoisotopic (exact) mass is 1230 g/mol. The van der Waals surface area contributed by atoms with Crippen LogP contribution in [0.25, 0.3) is 0 Å². The van der Waals surface area contributed by atoms with Crippen LogP contribution in [0.1, 0.15) is 40.7 Å². The molecule has 82 heavy (non-hydrogen) atoms. The molecular formula is C44H37ClF10N10O15S2. The Bertz CT molecular complexity index is 3480. The highest BCUT2D eigenvalue weighted by atomic mass is 35.5. The van der Waals surface area contributed by atoms with Crippen LogP contribution in [0.2, 0.25) is 5.02 Å². The molecule has 0 fully saturated rings. The molecule has 6 aromatic rings. The van der Waals surface area contributed by atoms with Gasteiger partial charge in [-0.1, -0.05) is 41.9 Å². The van der Waals surface area contributed by atoms with E-state index in [2.05, 4.69) is 39.7 Å². The summed E-state index contributed by atoms with van der Waals surface area (Å²) in [7, 11) is -7.86. The first-order chi connectivity index (χ1) is 38.2. The van der Waals surface area contributed by atoms with E-state index in [1.807, 2.05) is 0 Å². The van der Waals surface area contributed by atoms with Crippen molar-refractivity contribution in [2.45, 2.75) is 62.1 Å². The van der Waals surface area contributed by atoms with Gasteiger partial charge in [0.05, 0.1) is 45.8 Å². The van der Waals surface area contributed by atoms with E-state index in [-0.39, 0.29) is 57.9 Å². The molecule has 0 bridgehead atoms. The van der Waals surface area contributed by atoms with Crippen LogP contribution in [0, 0.1) is 17.0 Å². The summed E-state index contributed by atoms with van der Waals surface area (Å²) in [6.45, 7) is -3.46. The lowest BCUT2D eigenvalue weighted by Crippen LogP contribution is -2.35. The second kappa shape index (κ2) is 28.3. The minimum absolute atomic E-state index is 0.0111. The van der Waals surface area contributed by atoms with Crippen molar-refractivity contribution < 1.29 is 109 Å². The lowest BCUT2D eigenvalue weighted by Gasteiger charge is -2.13. The van der Waals surface area contributed by atoms with E-state index in [1.165, 1.54) is 67.3 Å². The number of hydrogen-bond donors (Lipinski definition) is 5. The third-order valence-electron chi connectivity index (χ3n) is 9.17. The summed E-state index contributed by atoms with van der Waals surface area (Å²) in [4.78, 5) is 62.1. The highest BCUT2D eigenvalue weighted by molar-refractivity contribution is 7.90. The molecule has 4 amide bonds. The van der Waals surface area contributed by atoms with E-state index in [9.17, 15) is 85.2 Å². The maximum atomic E-state index is 12.6. The maximum absolute atomic E-state index is 12.6. The van der Waals surface area contributed by atoms with Crippen LogP contribution < -0.4 is 43.8 Å². The van der Waals surface area contributed by atoms with E-state index >= 15 is 0 Å². The van der Waals surface area contributed by atoms with Crippen LogP contribution in [0.15, 0.2) is 101 Å². The summed E-state index contributed by atoms with van der Waals surface area (Å²) in [6, 6.07) is 13.4. The molecule has 6 rings (SSSR count). The Kier molecular flexibility index (Phi) is 22.6. The zero-order valence-electron chi connectivity index (χ0n) is 41.3. The van der Waals surface area contributed by atoms with Gasteiger partial charge in [-0.05, 0) is 68.3 Å². The summed E-state index contributed by atoms with van der Waals surface area (Å²) < 4.78 is 200. The van der Waals surface area contributed by atoms with Gasteiger partial charge in [0.1, 0.15) is 22.2 Å². The van der Waals surface area contributed by atoms with E-state index in [0.29, 0.717) is 6.07 Å². The molecule has 0 aliphatic carbocycles. The smallest absolute Gasteiger partial charge is 0.416 e. The number of hydrogen-bond acceptors (Lipinski definition) is 19. The topological polar surface area (TPSA) is 342 Å². The number of anilines is 2. The number of ether oxygens (including phenoxy) is 5. The second-order valence-corrected chi connectivity index (χ2v) is 18.7. The fourth-order valence-corrected chi connectivity index (χ4v) is 8.47. The quantitative estimate of drug-likeness (QED) is 0.0286. The highest BCUT2D eigenvalue weighted by Crippen LogP contribution is 2.39. The number of aromatic nitrogens is 5. The van der Waals surface area contributed by atoms with Gasteiger partial charge >= 0.3 is 55.3 Å². The van der Waals surface area contributed by atoms with E-state index in [1.54, 1.807) is 17.0 Å². The number of nitro benzene ring substituents is 1. The van der Waals surface area contributed by atoms with Crippen LogP contribution in [0.5, 0.6) is 35.0 Å².